The molecule has 0 aromatic heterocycles. The summed E-state index contributed by atoms with van der Waals surface area (Å²) >= 11 is 0. The number of ether oxygens (including phenoxy) is 1. The summed E-state index contributed by atoms with van der Waals surface area (Å²) in [5.74, 6) is -0.498. The number of hydrogen-bond acceptors (Lipinski definition) is 2. The van der Waals surface area contributed by atoms with Crippen LogP contribution in [0.2, 0.25) is 0 Å². The minimum atomic E-state index is -1.11. The Morgan fingerprint density at radius 3 is 2.82 bits per heavy atom. The first-order valence-electron chi connectivity index (χ1n) is 3.52. The van der Waals surface area contributed by atoms with Gasteiger partial charge in [0.15, 0.2) is 0 Å². The Labute approximate surface area is 66.0 Å². The Morgan fingerprint density at radius 2 is 2.36 bits per heavy atom. The Balaban J connectivity index is 3.51. The van der Waals surface area contributed by atoms with Gasteiger partial charge in [-0.1, -0.05) is 12.2 Å². The van der Waals surface area contributed by atoms with Crippen LogP contribution >= 0.6 is 0 Å². The van der Waals surface area contributed by atoms with E-state index in [0.717, 1.165) is 0 Å². The minimum Gasteiger partial charge on any atom is -0.469 e. The maximum atomic E-state index is 12.7. The fourth-order valence-electron chi connectivity index (χ4n) is 0.631. The normalized spacial score (nSPS) is 13.4. The first-order valence-corrected chi connectivity index (χ1v) is 3.52. The van der Waals surface area contributed by atoms with Gasteiger partial charge in [-0.3, -0.25) is 4.79 Å². The van der Waals surface area contributed by atoms with Crippen molar-refractivity contribution in [3.63, 3.8) is 0 Å². The van der Waals surface area contributed by atoms with E-state index in [1.165, 1.54) is 7.11 Å². The Morgan fingerprint density at radius 1 is 1.73 bits per heavy atom. The second-order valence-electron chi connectivity index (χ2n) is 2.18. The van der Waals surface area contributed by atoms with Crippen molar-refractivity contribution in [1.29, 1.82) is 0 Å². The van der Waals surface area contributed by atoms with Gasteiger partial charge in [-0.2, -0.15) is 0 Å². The van der Waals surface area contributed by atoms with Gasteiger partial charge < -0.3 is 4.74 Å². The zero-order valence-corrected chi connectivity index (χ0v) is 6.84. The minimum absolute atomic E-state index is 0.152. The van der Waals surface area contributed by atoms with Crippen molar-refractivity contribution in [3.8, 4) is 0 Å². The van der Waals surface area contributed by atoms with Crippen LogP contribution in [0.15, 0.2) is 12.2 Å². The van der Waals surface area contributed by atoms with E-state index in [1.807, 2.05) is 6.92 Å². The summed E-state index contributed by atoms with van der Waals surface area (Å²) in [6.45, 7) is 1.81. The summed E-state index contributed by atoms with van der Waals surface area (Å²) in [6.07, 6.45) is 2.46. The van der Waals surface area contributed by atoms with E-state index in [1.54, 1.807) is 12.2 Å². The summed E-state index contributed by atoms with van der Waals surface area (Å²) in [4.78, 5) is 10.5. The van der Waals surface area contributed by atoms with Gasteiger partial charge in [-0.05, 0) is 13.3 Å². The highest BCUT2D eigenvalue weighted by atomic mass is 19.1. The van der Waals surface area contributed by atoms with E-state index in [9.17, 15) is 9.18 Å². The first kappa shape index (κ1) is 10.1. The van der Waals surface area contributed by atoms with Crippen LogP contribution in [0, 0.1) is 0 Å². The van der Waals surface area contributed by atoms with E-state index < -0.39 is 12.1 Å². The summed E-state index contributed by atoms with van der Waals surface area (Å²) in [7, 11) is 1.25. The summed E-state index contributed by atoms with van der Waals surface area (Å²) < 4.78 is 17.0. The molecule has 0 amide bonds. The Kier molecular flexibility index (Phi) is 5.43. The molecule has 2 nitrogen and oxygen atoms in total. The highest BCUT2D eigenvalue weighted by Gasteiger charge is 2.10. The van der Waals surface area contributed by atoms with Gasteiger partial charge in [-0.15, -0.1) is 0 Å². The van der Waals surface area contributed by atoms with Crippen LogP contribution in [0.5, 0.6) is 0 Å². The van der Waals surface area contributed by atoms with Crippen molar-refractivity contribution in [3.05, 3.63) is 12.2 Å². The van der Waals surface area contributed by atoms with Gasteiger partial charge >= 0.3 is 5.97 Å². The monoisotopic (exact) mass is 160 g/mol. The topological polar surface area (TPSA) is 26.3 Å². The summed E-state index contributed by atoms with van der Waals surface area (Å²) in [5, 5.41) is 0. The number of rotatable bonds is 4. The molecule has 0 aromatic carbocycles. The molecular formula is C8H13FO2. The largest absolute Gasteiger partial charge is 0.469 e. The number of allylic oxidation sites excluding steroid dienone is 2. The molecule has 1 atom stereocenters. The van der Waals surface area contributed by atoms with Gasteiger partial charge in [-0.25, -0.2) is 4.39 Å². The third-order valence-electron chi connectivity index (χ3n) is 1.24. The van der Waals surface area contributed by atoms with Gasteiger partial charge in [0.1, 0.15) is 6.17 Å². The second-order valence-corrected chi connectivity index (χ2v) is 2.18. The third kappa shape index (κ3) is 5.58. The smallest absolute Gasteiger partial charge is 0.308 e. The van der Waals surface area contributed by atoms with Crippen LogP contribution in [0.3, 0.4) is 0 Å². The SMILES string of the molecule is CC=CCC(F)CC(=O)OC. The maximum Gasteiger partial charge on any atom is 0.308 e. The molecule has 0 aliphatic carbocycles. The van der Waals surface area contributed by atoms with Gasteiger partial charge in [0.2, 0.25) is 0 Å². The van der Waals surface area contributed by atoms with Gasteiger partial charge in [0.05, 0.1) is 13.5 Å². The van der Waals surface area contributed by atoms with E-state index >= 15 is 0 Å². The van der Waals surface area contributed by atoms with Crippen molar-refractivity contribution < 1.29 is 13.9 Å². The molecule has 0 saturated carbocycles. The molecule has 64 valence electrons. The van der Waals surface area contributed by atoms with Crippen LogP contribution in [-0.2, 0) is 9.53 Å². The van der Waals surface area contributed by atoms with Gasteiger partial charge in [0.25, 0.3) is 0 Å². The number of methoxy groups -OCH3 is 1. The van der Waals surface area contributed by atoms with Crippen molar-refractivity contribution in [2.24, 2.45) is 0 Å². The molecule has 11 heavy (non-hydrogen) atoms. The zero-order valence-electron chi connectivity index (χ0n) is 6.84. The number of esters is 1. The number of carbonyl (C=O) groups is 1. The van der Waals surface area contributed by atoms with Crippen LogP contribution in [0.4, 0.5) is 4.39 Å². The zero-order chi connectivity index (χ0) is 8.69. The lowest BCUT2D eigenvalue weighted by atomic mass is 10.2. The maximum absolute atomic E-state index is 12.7. The van der Waals surface area contributed by atoms with E-state index in [2.05, 4.69) is 4.74 Å². The molecule has 0 bridgehead atoms. The van der Waals surface area contributed by atoms with Crippen molar-refractivity contribution in [2.75, 3.05) is 7.11 Å². The summed E-state index contributed by atoms with van der Waals surface area (Å²) in [6, 6.07) is 0. The van der Waals surface area contributed by atoms with Crippen LogP contribution < -0.4 is 0 Å². The fourth-order valence-corrected chi connectivity index (χ4v) is 0.631. The van der Waals surface area contributed by atoms with Crippen molar-refractivity contribution >= 4 is 5.97 Å². The molecule has 0 aromatic rings. The van der Waals surface area contributed by atoms with Crippen LogP contribution in [0.1, 0.15) is 19.8 Å². The fraction of sp³-hybridized carbons (Fsp3) is 0.625. The molecular weight excluding hydrogens is 147 g/mol. The molecule has 1 unspecified atom stereocenters. The Bertz CT molecular complexity index is 143. The third-order valence-corrected chi connectivity index (χ3v) is 1.24. The molecule has 0 N–H and O–H groups in total. The van der Waals surface area contributed by atoms with E-state index in [0.29, 0.717) is 0 Å². The van der Waals surface area contributed by atoms with E-state index in [-0.39, 0.29) is 12.8 Å². The number of halogens is 1. The molecule has 0 spiro atoms. The van der Waals surface area contributed by atoms with Crippen molar-refractivity contribution in [2.45, 2.75) is 25.9 Å². The average Bonchev–Trinajstić information content (AvgIpc) is 2.00. The lowest BCUT2D eigenvalue weighted by Crippen LogP contribution is -2.09. The Hall–Kier alpha value is -0.860. The molecule has 0 aliphatic heterocycles. The molecule has 0 heterocycles. The van der Waals surface area contributed by atoms with E-state index in [4.69, 9.17) is 0 Å². The highest BCUT2D eigenvalue weighted by molar-refractivity contribution is 5.69. The molecule has 0 rings (SSSR count). The number of hydrogen-bond donors (Lipinski definition) is 0. The second kappa shape index (κ2) is 5.89. The molecule has 0 aliphatic rings. The number of carbonyl (C=O) groups excluding carboxylic acids is 1. The molecule has 0 saturated heterocycles. The van der Waals surface area contributed by atoms with Crippen molar-refractivity contribution in [1.82, 2.24) is 0 Å². The van der Waals surface area contributed by atoms with Crippen LogP contribution in [0.25, 0.3) is 0 Å². The lowest BCUT2D eigenvalue weighted by molar-refractivity contribution is -0.141. The molecule has 3 heteroatoms. The quantitative estimate of drug-likeness (QED) is 0.463. The summed E-state index contributed by atoms with van der Waals surface area (Å²) in [5.41, 5.74) is 0. The standard InChI is InChI=1S/C8H13FO2/c1-3-4-5-7(9)6-8(10)11-2/h3-4,7H,5-6H2,1-2H3. The van der Waals surface area contributed by atoms with Gasteiger partial charge in [0, 0.05) is 0 Å². The predicted octanol–water partition coefficient (Wildman–Crippen LogP) is 1.85. The first-order chi connectivity index (χ1) is 5.20. The van der Waals surface area contributed by atoms with Crippen LogP contribution in [-0.4, -0.2) is 19.3 Å². The molecule has 0 fully saturated rings. The highest BCUT2D eigenvalue weighted by Crippen LogP contribution is 2.04. The predicted molar refractivity (Wildman–Crippen MR) is 41.0 cm³/mol. The average molecular weight is 160 g/mol. The number of alkyl halides is 1. The molecule has 0 radical (unpaired) electrons. The lowest BCUT2D eigenvalue weighted by Gasteiger charge is -2.02.